The Morgan fingerprint density at radius 3 is 2.23 bits per heavy atom. The van der Waals surface area contributed by atoms with Gasteiger partial charge in [-0.05, 0) is 31.5 Å². The second-order valence-electron chi connectivity index (χ2n) is 6.08. The van der Waals surface area contributed by atoms with E-state index in [1.54, 1.807) is 31.2 Å². The van der Waals surface area contributed by atoms with Crippen LogP contribution in [0.15, 0.2) is 54.6 Å². The number of amides is 3. The molecule has 0 heterocycles. The molecular formula is C20H23N3O3. The fourth-order valence-electron chi connectivity index (χ4n) is 2.30. The summed E-state index contributed by atoms with van der Waals surface area (Å²) in [6.45, 7) is 3.40. The zero-order chi connectivity index (χ0) is 18.9. The molecule has 0 radical (unpaired) electrons. The van der Waals surface area contributed by atoms with Gasteiger partial charge in [0.1, 0.15) is 6.04 Å². The molecule has 26 heavy (non-hydrogen) atoms. The van der Waals surface area contributed by atoms with Crippen LogP contribution in [0.4, 0.5) is 5.69 Å². The summed E-state index contributed by atoms with van der Waals surface area (Å²) in [6.07, 6.45) is 0.201. The summed E-state index contributed by atoms with van der Waals surface area (Å²) in [4.78, 5) is 35.9. The van der Waals surface area contributed by atoms with E-state index >= 15 is 0 Å². The molecule has 3 amide bonds. The van der Waals surface area contributed by atoms with Crippen LogP contribution in [0.2, 0.25) is 0 Å². The molecule has 6 heteroatoms. The van der Waals surface area contributed by atoms with Gasteiger partial charge in [0.25, 0.3) is 0 Å². The third-order valence-electron chi connectivity index (χ3n) is 3.74. The monoisotopic (exact) mass is 353 g/mol. The average Bonchev–Trinajstić information content (AvgIpc) is 2.62. The predicted octanol–water partition coefficient (Wildman–Crippen LogP) is 1.80. The second kappa shape index (κ2) is 9.36. The summed E-state index contributed by atoms with van der Waals surface area (Å²) < 4.78 is 0. The summed E-state index contributed by atoms with van der Waals surface area (Å²) in [7, 11) is 0. The van der Waals surface area contributed by atoms with Crippen LogP contribution in [-0.2, 0) is 20.8 Å². The van der Waals surface area contributed by atoms with E-state index in [4.69, 9.17) is 0 Å². The minimum absolute atomic E-state index is 0.161. The number of nitrogens with one attached hydrogen (secondary N) is 3. The first-order valence-electron chi connectivity index (χ1n) is 8.41. The van der Waals surface area contributed by atoms with Gasteiger partial charge in [0.15, 0.2) is 0 Å². The third-order valence-corrected chi connectivity index (χ3v) is 3.74. The number of carbonyl (C=O) groups is 3. The first kappa shape index (κ1) is 19.2. The van der Waals surface area contributed by atoms with Crippen molar-refractivity contribution in [2.24, 2.45) is 0 Å². The Morgan fingerprint density at radius 1 is 0.923 bits per heavy atom. The van der Waals surface area contributed by atoms with Crippen molar-refractivity contribution >= 4 is 23.4 Å². The fraction of sp³-hybridized carbons (Fsp3) is 0.250. The van der Waals surface area contributed by atoms with Crippen LogP contribution in [0.25, 0.3) is 0 Å². The van der Waals surface area contributed by atoms with E-state index in [0.717, 1.165) is 11.1 Å². The normalized spacial score (nSPS) is 11.3. The van der Waals surface area contributed by atoms with E-state index in [-0.39, 0.29) is 24.8 Å². The average molecular weight is 353 g/mol. The molecule has 0 saturated carbocycles. The quantitative estimate of drug-likeness (QED) is 0.709. The van der Waals surface area contributed by atoms with Crippen LogP contribution in [0.5, 0.6) is 0 Å². The Bertz CT molecular complexity index is 758. The van der Waals surface area contributed by atoms with Crippen molar-refractivity contribution in [1.82, 2.24) is 10.6 Å². The molecule has 0 aliphatic rings. The van der Waals surface area contributed by atoms with Crippen molar-refractivity contribution in [3.8, 4) is 0 Å². The maximum Gasteiger partial charge on any atom is 0.243 e. The highest BCUT2D eigenvalue weighted by Crippen LogP contribution is 2.05. The highest BCUT2D eigenvalue weighted by Gasteiger charge is 2.16. The molecule has 0 aliphatic carbocycles. The second-order valence-corrected chi connectivity index (χ2v) is 6.08. The summed E-state index contributed by atoms with van der Waals surface area (Å²) >= 11 is 0. The lowest BCUT2D eigenvalue weighted by molar-refractivity contribution is -0.129. The number of rotatable bonds is 7. The Hall–Kier alpha value is -3.15. The lowest BCUT2D eigenvalue weighted by atomic mass is 10.1. The van der Waals surface area contributed by atoms with E-state index in [1.165, 1.54) is 0 Å². The zero-order valence-electron chi connectivity index (χ0n) is 14.9. The van der Waals surface area contributed by atoms with Crippen molar-refractivity contribution in [3.05, 3.63) is 65.7 Å². The molecule has 136 valence electrons. The van der Waals surface area contributed by atoms with Crippen LogP contribution in [0.3, 0.4) is 0 Å². The Morgan fingerprint density at radius 2 is 1.58 bits per heavy atom. The lowest BCUT2D eigenvalue weighted by Crippen LogP contribution is -2.47. The van der Waals surface area contributed by atoms with Crippen LogP contribution in [-0.4, -0.2) is 30.3 Å². The number of carbonyl (C=O) groups excluding carboxylic acids is 3. The third kappa shape index (κ3) is 6.39. The summed E-state index contributed by atoms with van der Waals surface area (Å²) in [6, 6.07) is 15.9. The van der Waals surface area contributed by atoms with Crippen molar-refractivity contribution in [2.45, 2.75) is 26.3 Å². The minimum atomic E-state index is -0.725. The molecule has 0 spiro atoms. The first-order valence-corrected chi connectivity index (χ1v) is 8.41. The predicted molar refractivity (Wildman–Crippen MR) is 101 cm³/mol. The van der Waals surface area contributed by atoms with Gasteiger partial charge < -0.3 is 16.0 Å². The van der Waals surface area contributed by atoms with Gasteiger partial charge in [-0.3, -0.25) is 14.4 Å². The number of anilines is 1. The molecule has 0 bridgehead atoms. The SMILES string of the molecule is Cc1ccc(CC(=O)N[C@@H](C)C(=O)NCC(=O)Nc2ccccc2)cc1. The highest BCUT2D eigenvalue weighted by molar-refractivity contribution is 5.96. The number of benzene rings is 2. The van der Waals surface area contributed by atoms with E-state index in [1.807, 2.05) is 37.3 Å². The summed E-state index contributed by atoms with van der Waals surface area (Å²) in [5.41, 5.74) is 2.66. The molecule has 0 aromatic heterocycles. The summed E-state index contributed by atoms with van der Waals surface area (Å²) in [5.74, 6) is -0.988. The van der Waals surface area contributed by atoms with Gasteiger partial charge >= 0.3 is 0 Å². The Kier molecular flexibility index (Phi) is 6.91. The minimum Gasteiger partial charge on any atom is -0.345 e. The molecule has 0 fully saturated rings. The van der Waals surface area contributed by atoms with Crippen molar-refractivity contribution in [1.29, 1.82) is 0 Å². The van der Waals surface area contributed by atoms with Gasteiger partial charge in [-0.25, -0.2) is 0 Å². The standard InChI is InChI=1S/C20H23N3O3/c1-14-8-10-16(11-9-14)12-18(24)22-15(2)20(26)21-13-19(25)23-17-6-4-3-5-7-17/h3-11,15H,12-13H2,1-2H3,(H,21,26)(H,22,24)(H,23,25)/t15-/m0/s1. The molecule has 2 aromatic rings. The van der Waals surface area contributed by atoms with Crippen LogP contribution in [0.1, 0.15) is 18.1 Å². The van der Waals surface area contributed by atoms with Crippen molar-refractivity contribution < 1.29 is 14.4 Å². The van der Waals surface area contributed by atoms with Gasteiger partial charge in [-0.15, -0.1) is 0 Å². The maximum absolute atomic E-state index is 12.0. The molecule has 3 N–H and O–H groups in total. The molecule has 0 saturated heterocycles. The van der Waals surface area contributed by atoms with Crippen molar-refractivity contribution in [3.63, 3.8) is 0 Å². The Labute approximate surface area is 153 Å². The number of aryl methyl sites for hydroxylation is 1. The number of para-hydroxylation sites is 1. The van der Waals surface area contributed by atoms with Crippen molar-refractivity contribution in [2.75, 3.05) is 11.9 Å². The van der Waals surface area contributed by atoms with Crippen LogP contribution < -0.4 is 16.0 Å². The molecular weight excluding hydrogens is 330 g/mol. The van der Waals surface area contributed by atoms with Gasteiger partial charge in [0.2, 0.25) is 17.7 Å². The van der Waals surface area contributed by atoms with Gasteiger partial charge in [-0.2, -0.15) is 0 Å². The van der Waals surface area contributed by atoms with Crippen LogP contribution >= 0.6 is 0 Å². The van der Waals surface area contributed by atoms with Gasteiger partial charge in [0, 0.05) is 5.69 Å². The zero-order valence-corrected chi connectivity index (χ0v) is 14.9. The first-order chi connectivity index (χ1) is 12.4. The molecule has 6 nitrogen and oxygen atoms in total. The smallest absolute Gasteiger partial charge is 0.243 e. The van der Waals surface area contributed by atoms with E-state index in [0.29, 0.717) is 5.69 Å². The number of hydrogen-bond donors (Lipinski definition) is 3. The lowest BCUT2D eigenvalue weighted by Gasteiger charge is -2.14. The Balaban J connectivity index is 1.73. The van der Waals surface area contributed by atoms with Crippen LogP contribution in [0, 0.1) is 6.92 Å². The van der Waals surface area contributed by atoms with E-state index in [2.05, 4.69) is 16.0 Å². The maximum atomic E-state index is 12.0. The van der Waals surface area contributed by atoms with Gasteiger partial charge in [-0.1, -0.05) is 48.0 Å². The number of hydrogen-bond acceptors (Lipinski definition) is 3. The highest BCUT2D eigenvalue weighted by atomic mass is 16.2. The fourth-order valence-corrected chi connectivity index (χ4v) is 2.30. The summed E-state index contributed by atoms with van der Waals surface area (Å²) in [5, 5.41) is 7.82. The molecule has 2 aromatic carbocycles. The van der Waals surface area contributed by atoms with Gasteiger partial charge in [0.05, 0.1) is 13.0 Å². The van der Waals surface area contributed by atoms with E-state index < -0.39 is 11.9 Å². The molecule has 1 atom stereocenters. The van der Waals surface area contributed by atoms with E-state index in [9.17, 15) is 14.4 Å². The topological polar surface area (TPSA) is 87.3 Å². The molecule has 0 aliphatic heterocycles. The molecule has 0 unspecified atom stereocenters. The largest absolute Gasteiger partial charge is 0.345 e. The molecule has 2 rings (SSSR count).